The van der Waals surface area contributed by atoms with E-state index in [1.54, 1.807) is 43.5 Å². The number of benzene rings is 1. The first kappa shape index (κ1) is 14.6. The molecule has 1 aromatic carbocycles. The van der Waals surface area contributed by atoms with E-state index in [-0.39, 0.29) is 11.4 Å². The molecule has 2 rings (SSSR count). The fourth-order valence-corrected chi connectivity index (χ4v) is 2.68. The highest BCUT2D eigenvalue weighted by molar-refractivity contribution is 7.89. The molecule has 106 valence electrons. The van der Waals surface area contributed by atoms with E-state index in [0.29, 0.717) is 11.3 Å². The number of aliphatic hydroxyl groups is 1. The van der Waals surface area contributed by atoms with Gasteiger partial charge in [0, 0.05) is 6.20 Å². The van der Waals surface area contributed by atoms with Gasteiger partial charge in [0.05, 0.1) is 23.2 Å². The Labute approximate surface area is 118 Å². The smallest absolute Gasteiger partial charge is 0.240 e. The van der Waals surface area contributed by atoms with E-state index in [9.17, 15) is 13.5 Å². The Morgan fingerprint density at radius 3 is 2.45 bits per heavy atom. The van der Waals surface area contributed by atoms with E-state index in [2.05, 4.69) is 9.71 Å². The Morgan fingerprint density at radius 2 is 1.90 bits per heavy atom. The van der Waals surface area contributed by atoms with E-state index < -0.39 is 16.1 Å². The van der Waals surface area contributed by atoms with Crippen molar-refractivity contribution in [1.82, 2.24) is 9.71 Å². The molecule has 1 heterocycles. The molecular formula is C14H16N2O3S. The number of pyridine rings is 1. The van der Waals surface area contributed by atoms with Gasteiger partial charge in [-0.2, -0.15) is 0 Å². The van der Waals surface area contributed by atoms with Gasteiger partial charge < -0.3 is 5.11 Å². The minimum atomic E-state index is -3.57. The van der Waals surface area contributed by atoms with Gasteiger partial charge in [0.1, 0.15) is 0 Å². The van der Waals surface area contributed by atoms with Crippen molar-refractivity contribution in [3.05, 3.63) is 59.9 Å². The van der Waals surface area contributed by atoms with Gasteiger partial charge in [0.25, 0.3) is 0 Å². The van der Waals surface area contributed by atoms with Gasteiger partial charge in [-0.3, -0.25) is 4.98 Å². The quantitative estimate of drug-likeness (QED) is 0.877. The molecule has 0 fully saturated rings. The molecule has 20 heavy (non-hydrogen) atoms. The van der Waals surface area contributed by atoms with Crippen LogP contribution in [-0.2, 0) is 16.6 Å². The van der Waals surface area contributed by atoms with Gasteiger partial charge in [0.15, 0.2) is 0 Å². The van der Waals surface area contributed by atoms with Crippen molar-refractivity contribution in [3.63, 3.8) is 0 Å². The third kappa shape index (κ3) is 3.63. The van der Waals surface area contributed by atoms with Crippen LogP contribution in [0.15, 0.2) is 53.6 Å². The molecule has 0 bridgehead atoms. The van der Waals surface area contributed by atoms with E-state index >= 15 is 0 Å². The van der Waals surface area contributed by atoms with Gasteiger partial charge in [-0.15, -0.1) is 0 Å². The summed E-state index contributed by atoms with van der Waals surface area (Å²) in [6, 6.07) is 11.5. The molecular weight excluding hydrogens is 276 g/mol. The van der Waals surface area contributed by atoms with Crippen LogP contribution in [0.25, 0.3) is 0 Å². The van der Waals surface area contributed by atoms with E-state index in [4.69, 9.17) is 0 Å². The molecule has 0 aliphatic carbocycles. The third-order valence-corrected chi connectivity index (χ3v) is 4.26. The maximum Gasteiger partial charge on any atom is 0.240 e. The minimum Gasteiger partial charge on any atom is -0.389 e. The molecule has 0 saturated heterocycles. The van der Waals surface area contributed by atoms with Crippen LogP contribution in [0.4, 0.5) is 0 Å². The zero-order valence-electron chi connectivity index (χ0n) is 11.0. The largest absolute Gasteiger partial charge is 0.389 e. The SMILES string of the molecule is CC(O)c1ccc(S(=O)(=O)NCc2ccccn2)cc1. The molecule has 1 atom stereocenters. The van der Waals surface area contributed by atoms with E-state index in [1.807, 2.05) is 0 Å². The average molecular weight is 292 g/mol. The van der Waals surface area contributed by atoms with Crippen LogP contribution in [-0.4, -0.2) is 18.5 Å². The highest BCUT2D eigenvalue weighted by Crippen LogP contribution is 2.15. The zero-order valence-corrected chi connectivity index (χ0v) is 11.8. The molecule has 0 saturated carbocycles. The molecule has 0 spiro atoms. The lowest BCUT2D eigenvalue weighted by molar-refractivity contribution is 0.199. The second kappa shape index (κ2) is 6.13. The van der Waals surface area contributed by atoms with Gasteiger partial charge in [0.2, 0.25) is 10.0 Å². The lowest BCUT2D eigenvalue weighted by Crippen LogP contribution is -2.23. The van der Waals surface area contributed by atoms with Crippen LogP contribution in [0.1, 0.15) is 24.3 Å². The molecule has 1 aromatic heterocycles. The van der Waals surface area contributed by atoms with Crippen molar-refractivity contribution in [1.29, 1.82) is 0 Å². The van der Waals surface area contributed by atoms with Crippen LogP contribution in [0, 0.1) is 0 Å². The minimum absolute atomic E-state index is 0.140. The van der Waals surface area contributed by atoms with E-state index in [0.717, 1.165) is 0 Å². The number of hydrogen-bond donors (Lipinski definition) is 2. The Hall–Kier alpha value is -1.76. The molecule has 2 N–H and O–H groups in total. The Bertz CT molecular complexity index is 653. The fourth-order valence-electron chi connectivity index (χ4n) is 1.68. The molecule has 5 nitrogen and oxygen atoms in total. The first-order valence-corrected chi connectivity index (χ1v) is 7.65. The van der Waals surface area contributed by atoms with Crippen molar-refractivity contribution in [2.45, 2.75) is 24.5 Å². The van der Waals surface area contributed by atoms with Gasteiger partial charge in [-0.1, -0.05) is 18.2 Å². The van der Waals surface area contributed by atoms with Crippen LogP contribution in [0.3, 0.4) is 0 Å². The van der Waals surface area contributed by atoms with Crippen molar-refractivity contribution in [2.75, 3.05) is 0 Å². The molecule has 0 aliphatic heterocycles. The number of aliphatic hydroxyl groups excluding tert-OH is 1. The lowest BCUT2D eigenvalue weighted by atomic mass is 10.1. The lowest BCUT2D eigenvalue weighted by Gasteiger charge is -2.08. The predicted octanol–water partition coefficient (Wildman–Crippen LogP) is 1.61. The average Bonchev–Trinajstić information content (AvgIpc) is 2.46. The first-order chi connectivity index (χ1) is 9.49. The third-order valence-electron chi connectivity index (χ3n) is 2.84. The Kier molecular flexibility index (Phi) is 4.49. The van der Waals surface area contributed by atoms with Crippen molar-refractivity contribution < 1.29 is 13.5 Å². The summed E-state index contributed by atoms with van der Waals surface area (Å²) in [6.45, 7) is 1.77. The molecule has 1 unspecified atom stereocenters. The topological polar surface area (TPSA) is 79.3 Å². The maximum absolute atomic E-state index is 12.1. The summed E-state index contributed by atoms with van der Waals surface area (Å²) >= 11 is 0. The fraction of sp³-hybridized carbons (Fsp3) is 0.214. The highest BCUT2D eigenvalue weighted by atomic mass is 32.2. The number of sulfonamides is 1. The summed E-state index contributed by atoms with van der Waals surface area (Å²) in [4.78, 5) is 4.22. The number of hydrogen-bond acceptors (Lipinski definition) is 4. The summed E-state index contributed by atoms with van der Waals surface area (Å²) in [7, 11) is -3.57. The van der Waals surface area contributed by atoms with Crippen LogP contribution >= 0.6 is 0 Å². The predicted molar refractivity (Wildman–Crippen MR) is 75.3 cm³/mol. The summed E-state index contributed by atoms with van der Waals surface area (Å²) in [5.41, 5.74) is 1.32. The summed E-state index contributed by atoms with van der Waals surface area (Å²) in [5.74, 6) is 0. The molecule has 0 amide bonds. The van der Waals surface area contributed by atoms with Crippen molar-refractivity contribution in [3.8, 4) is 0 Å². The van der Waals surface area contributed by atoms with Crippen molar-refractivity contribution >= 4 is 10.0 Å². The van der Waals surface area contributed by atoms with Crippen LogP contribution in [0.2, 0.25) is 0 Å². The van der Waals surface area contributed by atoms with Crippen LogP contribution in [0.5, 0.6) is 0 Å². The molecule has 0 radical (unpaired) electrons. The Balaban J connectivity index is 2.10. The summed E-state index contributed by atoms with van der Waals surface area (Å²) in [5, 5.41) is 9.40. The van der Waals surface area contributed by atoms with Crippen molar-refractivity contribution in [2.24, 2.45) is 0 Å². The van der Waals surface area contributed by atoms with E-state index in [1.165, 1.54) is 12.1 Å². The number of nitrogens with one attached hydrogen (secondary N) is 1. The molecule has 6 heteroatoms. The normalized spacial score (nSPS) is 13.1. The number of aromatic nitrogens is 1. The van der Waals surface area contributed by atoms with Gasteiger partial charge >= 0.3 is 0 Å². The second-order valence-corrected chi connectivity index (χ2v) is 6.16. The first-order valence-electron chi connectivity index (χ1n) is 6.16. The Morgan fingerprint density at radius 1 is 1.20 bits per heavy atom. The second-order valence-electron chi connectivity index (χ2n) is 4.39. The molecule has 2 aromatic rings. The van der Waals surface area contributed by atoms with Gasteiger partial charge in [-0.25, -0.2) is 13.1 Å². The zero-order chi connectivity index (χ0) is 14.6. The van der Waals surface area contributed by atoms with Crippen LogP contribution < -0.4 is 4.72 Å². The van der Waals surface area contributed by atoms with Gasteiger partial charge in [-0.05, 0) is 36.8 Å². The molecule has 0 aliphatic rings. The monoisotopic (exact) mass is 292 g/mol. The highest BCUT2D eigenvalue weighted by Gasteiger charge is 2.14. The summed E-state index contributed by atoms with van der Waals surface area (Å²) in [6.07, 6.45) is 0.995. The standard InChI is InChI=1S/C14H16N2O3S/c1-11(17)12-5-7-14(8-6-12)20(18,19)16-10-13-4-2-3-9-15-13/h2-9,11,16-17H,10H2,1H3. The number of nitrogens with zero attached hydrogens (tertiary/aromatic N) is 1. The summed E-state index contributed by atoms with van der Waals surface area (Å²) < 4.78 is 26.7. The number of rotatable bonds is 5. The maximum atomic E-state index is 12.1.